The van der Waals surface area contributed by atoms with Crippen molar-refractivity contribution in [3.05, 3.63) is 48.6 Å². The van der Waals surface area contributed by atoms with Gasteiger partial charge in [0.25, 0.3) is 0 Å². The van der Waals surface area contributed by atoms with Gasteiger partial charge in [-0.3, -0.25) is 14.4 Å². The monoisotopic (exact) mass is 1120 g/mol. The highest BCUT2D eigenvalue weighted by atomic mass is 16.6. The third kappa shape index (κ3) is 66.2. The van der Waals surface area contributed by atoms with Crippen molar-refractivity contribution in [1.29, 1.82) is 0 Å². The average Bonchev–Trinajstić information content (AvgIpc) is 3.46. The Labute approximate surface area is 498 Å². The van der Waals surface area contributed by atoms with Crippen LogP contribution in [0.2, 0.25) is 0 Å². The molecule has 6 heteroatoms. The molecule has 0 saturated carbocycles. The highest BCUT2D eigenvalue weighted by Gasteiger charge is 2.19. The minimum atomic E-state index is -0.776. The number of ether oxygens (including phenoxy) is 3. The Morgan fingerprint density at radius 2 is 0.450 bits per heavy atom. The number of unbranched alkanes of at least 4 members (excludes halogenated alkanes) is 47. The van der Waals surface area contributed by atoms with Gasteiger partial charge in [-0.1, -0.05) is 333 Å². The molecule has 6 nitrogen and oxygen atoms in total. The summed E-state index contributed by atoms with van der Waals surface area (Å²) in [4.78, 5) is 38.4. The second kappa shape index (κ2) is 68.9. The largest absolute Gasteiger partial charge is 0.462 e. The number of rotatable bonds is 66. The number of carbonyl (C=O) groups excluding carboxylic acids is 3. The first-order valence-electron chi connectivity index (χ1n) is 35.6. The van der Waals surface area contributed by atoms with Crippen molar-refractivity contribution in [2.24, 2.45) is 0 Å². The summed E-state index contributed by atoms with van der Waals surface area (Å²) in [5.74, 6) is -0.851. The first-order valence-corrected chi connectivity index (χ1v) is 35.6. The van der Waals surface area contributed by atoms with Gasteiger partial charge in [0.15, 0.2) is 6.10 Å². The summed E-state index contributed by atoms with van der Waals surface area (Å²) < 4.78 is 17.0. The number of hydrogen-bond acceptors (Lipinski definition) is 6. The lowest BCUT2D eigenvalue weighted by atomic mass is 10.0. The summed E-state index contributed by atoms with van der Waals surface area (Å²) >= 11 is 0. The Kier molecular flexibility index (Phi) is 66.6. The van der Waals surface area contributed by atoms with Gasteiger partial charge in [-0.15, -0.1) is 0 Å². The molecule has 1 unspecified atom stereocenters. The van der Waals surface area contributed by atoms with Crippen LogP contribution in [0.25, 0.3) is 0 Å². The van der Waals surface area contributed by atoms with E-state index in [9.17, 15) is 14.4 Å². The third-order valence-corrected chi connectivity index (χ3v) is 16.1. The predicted molar refractivity (Wildman–Crippen MR) is 349 cm³/mol. The van der Waals surface area contributed by atoms with Crippen LogP contribution in [-0.4, -0.2) is 37.2 Å². The fraction of sp³-hybridized carbons (Fsp3) is 0.851. The van der Waals surface area contributed by atoms with Gasteiger partial charge in [0.05, 0.1) is 0 Å². The molecule has 0 saturated heterocycles. The number of carbonyl (C=O) groups is 3. The highest BCUT2D eigenvalue weighted by Crippen LogP contribution is 2.18. The molecule has 0 aliphatic rings. The van der Waals surface area contributed by atoms with Gasteiger partial charge >= 0.3 is 17.9 Å². The Morgan fingerprint density at radius 1 is 0.250 bits per heavy atom. The lowest BCUT2D eigenvalue weighted by Crippen LogP contribution is -2.30. The molecule has 468 valence electrons. The molecule has 0 aromatic rings. The van der Waals surface area contributed by atoms with Crippen LogP contribution < -0.4 is 0 Å². The molecule has 0 heterocycles. The molecule has 0 bridgehead atoms. The smallest absolute Gasteiger partial charge is 0.306 e. The quantitative estimate of drug-likeness (QED) is 0.0261. The molecule has 80 heavy (non-hydrogen) atoms. The molecule has 0 spiro atoms. The van der Waals surface area contributed by atoms with E-state index >= 15 is 0 Å². The van der Waals surface area contributed by atoms with Crippen molar-refractivity contribution in [2.45, 2.75) is 393 Å². The first-order chi connectivity index (χ1) is 39.5. The number of hydrogen-bond donors (Lipinski definition) is 0. The van der Waals surface area contributed by atoms with Crippen LogP contribution >= 0.6 is 0 Å². The molecular weight excluding hydrogens is 985 g/mol. The SMILES string of the molecule is CCCCC/C=C\C/C=C\CCCCCCCCCC(=O)OC(COC(=O)CCCCCCCCCCCCCCCCCC)COC(=O)CCCCCCCCCCCCCCCCCCC/C=C\C/C=C\CCCCCCC. The van der Waals surface area contributed by atoms with E-state index in [-0.39, 0.29) is 31.1 Å². The van der Waals surface area contributed by atoms with Gasteiger partial charge in [0.2, 0.25) is 0 Å². The van der Waals surface area contributed by atoms with Crippen LogP contribution in [0.15, 0.2) is 48.6 Å². The molecule has 0 aliphatic heterocycles. The lowest BCUT2D eigenvalue weighted by molar-refractivity contribution is -0.167. The van der Waals surface area contributed by atoms with E-state index < -0.39 is 6.10 Å². The lowest BCUT2D eigenvalue weighted by Gasteiger charge is -2.18. The van der Waals surface area contributed by atoms with Crippen molar-refractivity contribution >= 4 is 17.9 Å². The summed E-state index contributed by atoms with van der Waals surface area (Å²) in [6.45, 7) is 6.67. The molecule has 0 aromatic heterocycles. The Hall–Kier alpha value is -2.63. The topological polar surface area (TPSA) is 78.9 Å². The van der Waals surface area contributed by atoms with Crippen LogP contribution in [-0.2, 0) is 28.6 Å². The minimum Gasteiger partial charge on any atom is -0.462 e. The molecule has 1 atom stereocenters. The van der Waals surface area contributed by atoms with Gasteiger partial charge in [0.1, 0.15) is 13.2 Å². The number of allylic oxidation sites excluding steroid dienone is 8. The third-order valence-electron chi connectivity index (χ3n) is 16.1. The zero-order valence-electron chi connectivity index (χ0n) is 53.9. The maximum absolute atomic E-state index is 12.9. The molecular formula is C74H136O6. The van der Waals surface area contributed by atoms with Crippen molar-refractivity contribution in [3.63, 3.8) is 0 Å². The van der Waals surface area contributed by atoms with Crippen LogP contribution in [0.3, 0.4) is 0 Å². The summed E-state index contributed by atoms with van der Waals surface area (Å²) in [5, 5.41) is 0. The number of esters is 3. The Morgan fingerprint density at radius 3 is 0.713 bits per heavy atom. The molecule has 0 rings (SSSR count). The second-order valence-corrected chi connectivity index (χ2v) is 24.1. The maximum Gasteiger partial charge on any atom is 0.306 e. The molecule has 0 aliphatic carbocycles. The van der Waals surface area contributed by atoms with E-state index in [1.165, 1.54) is 270 Å². The standard InChI is InChI=1S/C74H136O6/c1-4-7-10-13-16-19-22-25-28-31-32-33-34-35-36-37-38-39-40-41-42-44-46-49-52-55-58-61-64-67-73(76)79-70-71(69-78-72(75)66-63-60-57-54-51-48-45-30-27-24-21-18-15-12-9-6-3)80-74(77)68-65-62-59-56-53-50-47-43-29-26-23-20-17-14-11-8-5-2/h17,20,22,25-26,29,31-32,71H,4-16,18-19,21,23-24,27-28,30,33-70H2,1-3H3/b20-17-,25-22-,29-26-,32-31-. The van der Waals surface area contributed by atoms with E-state index in [1.54, 1.807) is 0 Å². The van der Waals surface area contributed by atoms with Crippen LogP contribution in [0, 0.1) is 0 Å². The Bertz CT molecular complexity index is 1380. The van der Waals surface area contributed by atoms with Crippen molar-refractivity contribution in [1.82, 2.24) is 0 Å². The second-order valence-electron chi connectivity index (χ2n) is 24.1. The van der Waals surface area contributed by atoms with Crippen LogP contribution in [0.1, 0.15) is 387 Å². The van der Waals surface area contributed by atoms with Gasteiger partial charge < -0.3 is 14.2 Å². The van der Waals surface area contributed by atoms with Crippen LogP contribution in [0.5, 0.6) is 0 Å². The first kappa shape index (κ1) is 77.4. The van der Waals surface area contributed by atoms with Gasteiger partial charge in [-0.05, 0) is 83.5 Å². The molecule has 0 fully saturated rings. The Balaban J connectivity index is 4.22. The molecule has 0 aromatic carbocycles. The van der Waals surface area contributed by atoms with E-state index in [2.05, 4.69) is 69.4 Å². The zero-order valence-corrected chi connectivity index (χ0v) is 53.9. The fourth-order valence-electron chi connectivity index (χ4n) is 10.7. The molecule has 0 radical (unpaired) electrons. The average molecular weight is 1120 g/mol. The van der Waals surface area contributed by atoms with E-state index in [0.29, 0.717) is 19.3 Å². The van der Waals surface area contributed by atoms with Gasteiger partial charge in [0, 0.05) is 19.3 Å². The van der Waals surface area contributed by atoms with E-state index in [1.807, 2.05) is 0 Å². The van der Waals surface area contributed by atoms with Crippen molar-refractivity contribution in [2.75, 3.05) is 13.2 Å². The van der Waals surface area contributed by atoms with E-state index in [4.69, 9.17) is 14.2 Å². The summed E-state index contributed by atoms with van der Waals surface area (Å²) in [7, 11) is 0. The zero-order chi connectivity index (χ0) is 57.8. The fourth-order valence-corrected chi connectivity index (χ4v) is 10.7. The minimum absolute atomic E-state index is 0.0710. The summed E-state index contributed by atoms with van der Waals surface area (Å²) in [6.07, 6.45) is 87.1. The summed E-state index contributed by atoms with van der Waals surface area (Å²) in [6, 6.07) is 0. The maximum atomic E-state index is 12.9. The van der Waals surface area contributed by atoms with Crippen molar-refractivity contribution < 1.29 is 28.6 Å². The van der Waals surface area contributed by atoms with Gasteiger partial charge in [-0.2, -0.15) is 0 Å². The predicted octanol–water partition coefficient (Wildman–Crippen LogP) is 24.5. The van der Waals surface area contributed by atoms with E-state index in [0.717, 1.165) is 77.0 Å². The summed E-state index contributed by atoms with van der Waals surface area (Å²) in [5.41, 5.74) is 0. The van der Waals surface area contributed by atoms with Gasteiger partial charge in [-0.25, -0.2) is 0 Å². The van der Waals surface area contributed by atoms with Crippen molar-refractivity contribution in [3.8, 4) is 0 Å². The molecule has 0 N–H and O–H groups in total. The molecule has 0 amide bonds. The van der Waals surface area contributed by atoms with Crippen LogP contribution in [0.4, 0.5) is 0 Å². The highest BCUT2D eigenvalue weighted by molar-refractivity contribution is 5.71. The normalized spacial score (nSPS) is 12.3.